The predicted molar refractivity (Wildman–Crippen MR) is 146 cm³/mol. The van der Waals surface area contributed by atoms with E-state index < -0.39 is 29.6 Å². The number of benzene rings is 2. The van der Waals surface area contributed by atoms with Crippen LogP contribution in [-0.2, 0) is 25.7 Å². The van der Waals surface area contributed by atoms with E-state index in [-0.39, 0.29) is 36.1 Å². The van der Waals surface area contributed by atoms with Crippen molar-refractivity contribution < 1.29 is 28.2 Å². The van der Waals surface area contributed by atoms with Gasteiger partial charge in [0.2, 0.25) is 17.7 Å². The van der Waals surface area contributed by atoms with Gasteiger partial charge in [0, 0.05) is 24.3 Å². The molecule has 2 aromatic rings. The molecule has 3 fully saturated rings. The molecule has 2 saturated heterocycles. The number of rotatable bonds is 7. The Balaban J connectivity index is 1.32. The van der Waals surface area contributed by atoms with Crippen LogP contribution in [0.2, 0.25) is 0 Å². The maximum Gasteiger partial charge on any atom is 0.246 e. The molecule has 9 heteroatoms. The molecule has 2 N–H and O–H groups in total. The minimum atomic E-state index is -1.26. The van der Waals surface area contributed by atoms with Gasteiger partial charge in [-0.3, -0.25) is 14.4 Å². The van der Waals surface area contributed by atoms with Crippen LogP contribution in [0, 0.1) is 23.6 Å². The number of nitrogens with one attached hydrogen (secondary N) is 2. The number of hydrogen-bond acceptors (Lipinski definition) is 5. The van der Waals surface area contributed by atoms with E-state index in [1.807, 2.05) is 0 Å². The van der Waals surface area contributed by atoms with Crippen LogP contribution in [0.25, 0.3) is 0 Å². The summed E-state index contributed by atoms with van der Waals surface area (Å²) in [7, 11) is 1.55. The second-order valence-electron chi connectivity index (χ2n) is 11.4. The molecule has 4 aliphatic rings. The van der Waals surface area contributed by atoms with E-state index in [0.29, 0.717) is 22.9 Å². The number of hydrogen-bond donors (Lipinski definition) is 2. The minimum absolute atomic E-state index is 0.00853. The van der Waals surface area contributed by atoms with Crippen molar-refractivity contribution in [3.05, 3.63) is 72.1 Å². The topological polar surface area (TPSA) is 97.0 Å². The largest absolute Gasteiger partial charge is 0.497 e. The molecule has 1 aliphatic carbocycles. The van der Waals surface area contributed by atoms with Crippen LogP contribution in [-0.4, -0.2) is 53.5 Å². The van der Waals surface area contributed by atoms with Crippen molar-refractivity contribution in [3.8, 4) is 5.75 Å². The number of likely N-dealkylation sites (tertiary alicyclic amines) is 1. The second-order valence-corrected chi connectivity index (χ2v) is 11.4. The van der Waals surface area contributed by atoms with Gasteiger partial charge in [-0.15, -0.1) is 0 Å². The molecule has 1 spiro atoms. The van der Waals surface area contributed by atoms with Gasteiger partial charge < -0.3 is 25.0 Å². The summed E-state index contributed by atoms with van der Waals surface area (Å²) in [4.78, 5) is 43.3. The van der Waals surface area contributed by atoms with Crippen LogP contribution < -0.4 is 15.4 Å². The van der Waals surface area contributed by atoms with Gasteiger partial charge in [-0.1, -0.05) is 50.1 Å². The maximum atomic E-state index is 14.1. The second kappa shape index (κ2) is 10.4. The van der Waals surface area contributed by atoms with E-state index in [4.69, 9.17) is 9.47 Å². The maximum absolute atomic E-state index is 14.1. The third-order valence-corrected chi connectivity index (χ3v) is 8.97. The lowest BCUT2D eigenvalue weighted by atomic mass is 9.74. The summed E-state index contributed by atoms with van der Waals surface area (Å²) in [5.74, 6) is -2.10. The van der Waals surface area contributed by atoms with Gasteiger partial charge in [0.25, 0.3) is 0 Å². The van der Waals surface area contributed by atoms with Gasteiger partial charge in [-0.25, -0.2) is 4.39 Å². The zero-order valence-electron chi connectivity index (χ0n) is 22.6. The number of fused-ring (bicyclic) bond motifs is 1. The first-order valence-electron chi connectivity index (χ1n) is 14.0. The van der Waals surface area contributed by atoms with Gasteiger partial charge in [0.15, 0.2) is 0 Å². The first kappa shape index (κ1) is 26.5. The lowest BCUT2D eigenvalue weighted by Crippen LogP contribution is -2.57. The third kappa shape index (κ3) is 4.46. The number of amides is 3. The van der Waals surface area contributed by atoms with Crippen molar-refractivity contribution in [2.75, 3.05) is 12.4 Å². The molecule has 7 atom stereocenters. The highest BCUT2D eigenvalue weighted by Gasteiger charge is 2.72. The highest BCUT2D eigenvalue weighted by molar-refractivity contribution is 6.02. The molecule has 3 aliphatic heterocycles. The Labute approximate surface area is 232 Å². The summed E-state index contributed by atoms with van der Waals surface area (Å²) in [5, 5.41) is 6.14. The summed E-state index contributed by atoms with van der Waals surface area (Å²) >= 11 is 0. The van der Waals surface area contributed by atoms with Crippen molar-refractivity contribution in [3.63, 3.8) is 0 Å². The molecule has 40 heavy (non-hydrogen) atoms. The summed E-state index contributed by atoms with van der Waals surface area (Å²) in [6.45, 7) is 2.24. The van der Waals surface area contributed by atoms with Gasteiger partial charge in [0.1, 0.15) is 23.2 Å². The van der Waals surface area contributed by atoms with Crippen LogP contribution >= 0.6 is 0 Å². The van der Waals surface area contributed by atoms with Crippen molar-refractivity contribution in [2.24, 2.45) is 17.8 Å². The van der Waals surface area contributed by atoms with E-state index in [1.54, 1.807) is 55.7 Å². The molecule has 3 amide bonds. The number of anilines is 1. The number of halogens is 1. The first-order chi connectivity index (χ1) is 19.3. The molecule has 3 heterocycles. The molecular formula is C31H34FN3O5. The van der Waals surface area contributed by atoms with E-state index >= 15 is 0 Å². The van der Waals surface area contributed by atoms with Gasteiger partial charge in [-0.05, 0) is 48.6 Å². The number of methoxy groups -OCH3 is 1. The molecule has 0 aromatic heterocycles. The lowest BCUT2D eigenvalue weighted by molar-refractivity contribution is -0.142. The van der Waals surface area contributed by atoms with Crippen molar-refractivity contribution in [1.82, 2.24) is 10.2 Å². The Hall–Kier alpha value is -3.72. The van der Waals surface area contributed by atoms with Crippen LogP contribution in [0.1, 0.15) is 38.2 Å². The number of nitrogens with zero attached hydrogens (tertiary/aromatic N) is 1. The molecule has 1 saturated carbocycles. The van der Waals surface area contributed by atoms with Gasteiger partial charge >= 0.3 is 0 Å². The average molecular weight is 548 g/mol. The van der Waals surface area contributed by atoms with E-state index in [0.717, 1.165) is 25.7 Å². The minimum Gasteiger partial charge on any atom is -0.497 e. The smallest absolute Gasteiger partial charge is 0.246 e. The number of carbonyl (C=O) groups is 3. The van der Waals surface area contributed by atoms with E-state index in [9.17, 15) is 18.8 Å². The summed E-state index contributed by atoms with van der Waals surface area (Å²) < 4.78 is 25.3. The number of carbonyl (C=O) groups excluding carboxylic acids is 3. The summed E-state index contributed by atoms with van der Waals surface area (Å²) in [6.07, 6.45) is 7.06. The third-order valence-electron chi connectivity index (χ3n) is 8.97. The highest BCUT2D eigenvalue weighted by atomic mass is 19.1. The van der Waals surface area contributed by atoms with Crippen LogP contribution in [0.5, 0.6) is 5.75 Å². The fraction of sp³-hybridized carbons (Fsp3) is 0.452. The molecule has 6 rings (SSSR count). The zero-order chi connectivity index (χ0) is 28.0. The average Bonchev–Trinajstić information content (AvgIpc) is 3.59. The zero-order valence-corrected chi connectivity index (χ0v) is 22.6. The monoisotopic (exact) mass is 547 g/mol. The van der Waals surface area contributed by atoms with Crippen molar-refractivity contribution in [2.45, 2.75) is 62.9 Å². The molecule has 210 valence electrons. The van der Waals surface area contributed by atoms with Gasteiger partial charge in [0.05, 0.1) is 25.0 Å². The SMILES string of the molecule is COc1cccc(NC(=O)[C@@H]2[C@@H]3C=C[C@]4(O3)[C@@H]2C(=O)N(Cc2ccc(F)cc2)[C@H]4C(=O)N[C@H]2CCCC[C@@H]2C)c1. The standard InChI is InChI=1S/C31H34FN3O5/c1-18-6-3-4-9-23(18)34-29(37)27-31-15-14-24(40-31)25(28(36)33-21-7-5-8-22(16-21)39-2)26(31)30(38)35(27)17-19-10-12-20(32)13-11-19/h5,7-8,10-16,18,23-27H,3-4,6,9,17H2,1-2H3,(H,33,36)(H,34,37)/t18-,23-,24-,25+,26-,27-,31-/m0/s1. The molecule has 8 nitrogen and oxygen atoms in total. The van der Waals surface area contributed by atoms with Crippen molar-refractivity contribution >= 4 is 23.4 Å². The number of ether oxygens (including phenoxy) is 2. The Bertz CT molecular complexity index is 1350. The predicted octanol–water partition coefficient (Wildman–Crippen LogP) is 3.82. The van der Waals surface area contributed by atoms with Crippen LogP contribution in [0.15, 0.2) is 60.7 Å². The Morgan fingerprint density at radius 2 is 1.90 bits per heavy atom. The lowest BCUT2D eigenvalue weighted by Gasteiger charge is -2.36. The Kier molecular flexibility index (Phi) is 6.86. The fourth-order valence-electron chi connectivity index (χ4n) is 6.94. The highest BCUT2D eigenvalue weighted by Crippen LogP contribution is 2.55. The van der Waals surface area contributed by atoms with E-state index in [1.165, 1.54) is 17.0 Å². The normalized spacial score (nSPS) is 32.2. The van der Waals surface area contributed by atoms with E-state index in [2.05, 4.69) is 17.6 Å². The quantitative estimate of drug-likeness (QED) is 0.514. The van der Waals surface area contributed by atoms with Crippen LogP contribution in [0.4, 0.5) is 10.1 Å². The summed E-state index contributed by atoms with van der Waals surface area (Å²) in [6, 6.07) is 11.9. The molecule has 2 aromatic carbocycles. The van der Waals surface area contributed by atoms with Crippen molar-refractivity contribution in [1.29, 1.82) is 0 Å². The Morgan fingerprint density at radius 1 is 1.12 bits per heavy atom. The molecular weight excluding hydrogens is 513 g/mol. The molecule has 0 unspecified atom stereocenters. The van der Waals surface area contributed by atoms with Gasteiger partial charge in [-0.2, -0.15) is 0 Å². The van der Waals surface area contributed by atoms with Crippen LogP contribution in [0.3, 0.4) is 0 Å². The first-order valence-corrected chi connectivity index (χ1v) is 14.0. The Morgan fingerprint density at radius 3 is 2.65 bits per heavy atom. The molecule has 2 bridgehead atoms. The fourth-order valence-corrected chi connectivity index (χ4v) is 6.94. The molecule has 0 radical (unpaired) electrons. The summed E-state index contributed by atoms with van der Waals surface area (Å²) in [5.41, 5.74) is -0.0367.